The highest BCUT2D eigenvalue weighted by molar-refractivity contribution is 6.39. The van der Waals surface area contributed by atoms with Crippen molar-refractivity contribution in [3.05, 3.63) is 94.5 Å². The Morgan fingerprint density at radius 2 is 1.69 bits per heavy atom. The van der Waals surface area contributed by atoms with E-state index < -0.39 is 17.8 Å². The monoisotopic (exact) mass is 448 g/mol. The van der Waals surface area contributed by atoms with Crippen LogP contribution in [0.4, 0.5) is 10.5 Å². The number of nitrogens with zero attached hydrogens (tertiary/aromatic N) is 1. The summed E-state index contributed by atoms with van der Waals surface area (Å²) in [4.78, 5) is 38.4. The van der Waals surface area contributed by atoms with Crippen LogP contribution >= 0.6 is 11.6 Å². The number of carbonyl (C=O) groups is 3. The minimum atomic E-state index is -0.845. The normalized spacial score (nSPS) is 15.1. The second-order valence-electron chi connectivity index (χ2n) is 6.96. The number of urea groups is 1. The summed E-state index contributed by atoms with van der Waals surface area (Å²) < 4.78 is 5.72. The van der Waals surface area contributed by atoms with Crippen LogP contribution in [-0.4, -0.2) is 23.0 Å². The second-order valence-corrected chi connectivity index (χ2v) is 7.40. The first kappa shape index (κ1) is 21.1. The van der Waals surface area contributed by atoms with Crippen molar-refractivity contribution in [3.63, 3.8) is 0 Å². The van der Waals surface area contributed by atoms with Crippen LogP contribution in [-0.2, 0) is 16.2 Å². The van der Waals surface area contributed by atoms with Gasteiger partial charge < -0.3 is 9.84 Å². The Bertz CT molecular complexity index is 1220. The molecule has 1 fully saturated rings. The molecule has 0 bridgehead atoms. The average Bonchev–Trinajstić information content (AvgIpc) is 2.77. The molecule has 3 aromatic rings. The average molecular weight is 449 g/mol. The van der Waals surface area contributed by atoms with Gasteiger partial charge in [-0.05, 0) is 65.7 Å². The summed E-state index contributed by atoms with van der Waals surface area (Å²) in [6.07, 6.45) is 1.32. The molecular weight excluding hydrogens is 432 g/mol. The van der Waals surface area contributed by atoms with Crippen molar-refractivity contribution in [2.75, 3.05) is 4.90 Å². The lowest BCUT2D eigenvalue weighted by atomic mass is 10.1. The summed E-state index contributed by atoms with van der Waals surface area (Å²) in [6, 6.07) is 18.8. The topological polar surface area (TPSA) is 95.9 Å². The molecule has 0 spiro atoms. The second kappa shape index (κ2) is 8.95. The number of benzene rings is 3. The molecule has 2 N–H and O–H groups in total. The molecule has 160 valence electrons. The molecule has 0 radical (unpaired) electrons. The molecule has 8 heteroatoms. The first-order valence-electron chi connectivity index (χ1n) is 9.58. The lowest BCUT2D eigenvalue weighted by Gasteiger charge is -2.26. The SMILES string of the molecule is O=C1NC(=O)N(c2ccc(OCc3ccc(Cl)cc3)cc2)C(=O)/C1=C\c1cccc(O)c1. The molecule has 4 amide bonds. The smallest absolute Gasteiger partial charge is 0.335 e. The molecule has 0 atom stereocenters. The van der Waals surface area contributed by atoms with E-state index in [-0.39, 0.29) is 17.0 Å². The number of anilines is 1. The number of aromatic hydroxyl groups is 1. The highest BCUT2D eigenvalue weighted by Gasteiger charge is 2.36. The Balaban J connectivity index is 1.52. The Labute approximate surface area is 188 Å². The van der Waals surface area contributed by atoms with Gasteiger partial charge in [0.25, 0.3) is 11.8 Å². The summed E-state index contributed by atoms with van der Waals surface area (Å²) in [5, 5.41) is 12.4. The molecule has 1 aliphatic rings. The number of phenols is 1. The minimum Gasteiger partial charge on any atom is -0.508 e. The van der Waals surface area contributed by atoms with E-state index in [9.17, 15) is 19.5 Å². The lowest BCUT2D eigenvalue weighted by Crippen LogP contribution is -2.54. The van der Waals surface area contributed by atoms with Crippen LogP contribution in [0.15, 0.2) is 78.4 Å². The highest BCUT2D eigenvalue weighted by Crippen LogP contribution is 2.25. The molecule has 0 saturated carbocycles. The van der Waals surface area contributed by atoms with Gasteiger partial charge in [0.2, 0.25) is 0 Å². The van der Waals surface area contributed by atoms with E-state index in [1.54, 1.807) is 48.5 Å². The van der Waals surface area contributed by atoms with Crippen LogP contribution in [0.1, 0.15) is 11.1 Å². The van der Waals surface area contributed by atoms with E-state index in [4.69, 9.17) is 16.3 Å². The van der Waals surface area contributed by atoms with Crippen molar-refractivity contribution in [1.29, 1.82) is 0 Å². The predicted octanol–water partition coefficient (Wildman–Crippen LogP) is 4.29. The molecule has 0 aliphatic carbocycles. The number of nitrogens with one attached hydrogen (secondary N) is 1. The summed E-state index contributed by atoms with van der Waals surface area (Å²) in [5.74, 6) is -1.04. The van der Waals surface area contributed by atoms with Gasteiger partial charge in [-0.3, -0.25) is 14.9 Å². The molecule has 0 aromatic heterocycles. The summed E-state index contributed by atoms with van der Waals surface area (Å²) in [5.41, 5.74) is 1.44. The maximum atomic E-state index is 12.9. The minimum absolute atomic E-state index is 0.00913. The number of barbiturate groups is 1. The number of carbonyl (C=O) groups excluding carboxylic acids is 3. The van der Waals surface area contributed by atoms with E-state index in [1.807, 2.05) is 12.1 Å². The number of hydrogen-bond acceptors (Lipinski definition) is 5. The van der Waals surface area contributed by atoms with E-state index in [2.05, 4.69) is 5.32 Å². The van der Waals surface area contributed by atoms with Gasteiger partial charge in [0.15, 0.2) is 0 Å². The van der Waals surface area contributed by atoms with Gasteiger partial charge in [-0.15, -0.1) is 0 Å². The van der Waals surface area contributed by atoms with Gasteiger partial charge in [-0.25, -0.2) is 9.69 Å². The third kappa shape index (κ3) is 4.63. The van der Waals surface area contributed by atoms with Crippen LogP contribution in [0.5, 0.6) is 11.5 Å². The van der Waals surface area contributed by atoms with Crippen LogP contribution in [0.2, 0.25) is 5.02 Å². The van der Waals surface area contributed by atoms with Crippen molar-refractivity contribution in [2.24, 2.45) is 0 Å². The first-order valence-corrected chi connectivity index (χ1v) is 9.96. The standard InChI is InChI=1S/C24H17ClN2O5/c25-17-6-4-15(5-7-17)14-32-20-10-8-18(9-11-20)27-23(30)21(22(29)26-24(27)31)13-16-2-1-3-19(28)12-16/h1-13,28H,14H2,(H,26,29,31)/b21-13-. The van der Waals surface area contributed by atoms with Crippen molar-refractivity contribution >= 4 is 41.2 Å². The maximum absolute atomic E-state index is 12.9. The van der Waals surface area contributed by atoms with Gasteiger partial charge in [0.1, 0.15) is 23.7 Å². The predicted molar refractivity (Wildman–Crippen MR) is 119 cm³/mol. The zero-order valence-electron chi connectivity index (χ0n) is 16.6. The number of halogens is 1. The fourth-order valence-corrected chi connectivity index (χ4v) is 3.24. The Morgan fingerprint density at radius 1 is 0.969 bits per heavy atom. The highest BCUT2D eigenvalue weighted by atomic mass is 35.5. The van der Waals surface area contributed by atoms with Crippen LogP contribution in [0, 0.1) is 0 Å². The number of rotatable bonds is 5. The first-order chi connectivity index (χ1) is 15.4. The summed E-state index contributed by atoms with van der Waals surface area (Å²) in [7, 11) is 0. The van der Waals surface area contributed by atoms with E-state index >= 15 is 0 Å². The fraction of sp³-hybridized carbons (Fsp3) is 0.0417. The molecule has 4 rings (SSSR count). The molecular formula is C24H17ClN2O5. The number of amides is 4. The molecule has 0 unspecified atom stereocenters. The Morgan fingerprint density at radius 3 is 2.38 bits per heavy atom. The van der Waals surface area contributed by atoms with Crippen molar-refractivity contribution in [3.8, 4) is 11.5 Å². The van der Waals surface area contributed by atoms with E-state index in [1.165, 1.54) is 18.2 Å². The molecule has 7 nitrogen and oxygen atoms in total. The van der Waals surface area contributed by atoms with E-state index in [0.29, 0.717) is 22.9 Å². The van der Waals surface area contributed by atoms with Gasteiger partial charge in [0, 0.05) is 5.02 Å². The third-order valence-electron chi connectivity index (χ3n) is 4.70. The summed E-state index contributed by atoms with van der Waals surface area (Å²) in [6.45, 7) is 0.324. The van der Waals surface area contributed by atoms with Gasteiger partial charge in [0.05, 0.1) is 5.69 Å². The third-order valence-corrected chi connectivity index (χ3v) is 4.95. The number of ether oxygens (including phenoxy) is 1. The maximum Gasteiger partial charge on any atom is 0.335 e. The Kier molecular flexibility index (Phi) is 5.91. The molecule has 1 saturated heterocycles. The van der Waals surface area contributed by atoms with Gasteiger partial charge in [-0.2, -0.15) is 0 Å². The number of phenolic OH excluding ortho intramolecular Hbond substituents is 1. The molecule has 1 aliphatic heterocycles. The van der Waals surface area contributed by atoms with Crippen LogP contribution in [0.3, 0.4) is 0 Å². The number of imide groups is 2. The van der Waals surface area contributed by atoms with Crippen LogP contribution < -0.4 is 15.0 Å². The molecule has 1 heterocycles. The van der Waals surface area contributed by atoms with Crippen LogP contribution in [0.25, 0.3) is 6.08 Å². The molecule has 3 aromatic carbocycles. The van der Waals surface area contributed by atoms with Gasteiger partial charge in [-0.1, -0.05) is 35.9 Å². The summed E-state index contributed by atoms with van der Waals surface area (Å²) >= 11 is 5.87. The fourth-order valence-electron chi connectivity index (χ4n) is 3.11. The largest absolute Gasteiger partial charge is 0.508 e. The zero-order chi connectivity index (χ0) is 22.7. The quantitative estimate of drug-likeness (QED) is 0.448. The van der Waals surface area contributed by atoms with Crippen molar-refractivity contribution < 1.29 is 24.2 Å². The zero-order valence-corrected chi connectivity index (χ0v) is 17.4. The number of hydrogen-bond donors (Lipinski definition) is 2. The Hall–Kier alpha value is -4.10. The molecule has 32 heavy (non-hydrogen) atoms. The van der Waals surface area contributed by atoms with Crippen molar-refractivity contribution in [1.82, 2.24) is 5.32 Å². The van der Waals surface area contributed by atoms with E-state index in [0.717, 1.165) is 10.5 Å². The van der Waals surface area contributed by atoms with Crippen molar-refractivity contribution in [2.45, 2.75) is 6.61 Å². The van der Waals surface area contributed by atoms with Gasteiger partial charge >= 0.3 is 6.03 Å². The lowest BCUT2D eigenvalue weighted by molar-refractivity contribution is -0.122.